The molecule has 0 radical (unpaired) electrons. The number of halogens is 1. The highest BCUT2D eigenvalue weighted by molar-refractivity contribution is 9.10. The highest BCUT2D eigenvalue weighted by Gasteiger charge is 2.04. The Morgan fingerprint density at radius 2 is 2.06 bits per heavy atom. The Hall–Kier alpha value is -2.27. The molecule has 2 N–H and O–H groups in total. The third kappa shape index (κ3) is 2.70. The standard InChI is InChI=1S/C10H8BrN7/c1-13-7-2-8(17-18-10(7)11)16-9-5-14-6(3-12)4-15-9/h2,4-5H,1H3,(H2,13,15,16,17). The van der Waals surface area contributed by atoms with Crippen LogP contribution in [0.2, 0.25) is 0 Å². The Kier molecular flexibility index (Phi) is 3.64. The first-order valence-corrected chi connectivity index (χ1v) is 5.72. The maximum atomic E-state index is 8.61. The summed E-state index contributed by atoms with van der Waals surface area (Å²) in [7, 11) is 1.78. The number of hydrogen-bond donors (Lipinski definition) is 2. The zero-order chi connectivity index (χ0) is 13.0. The summed E-state index contributed by atoms with van der Waals surface area (Å²) in [4.78, 5) is 7.92. The van der Waals surface area contributed by atoms with Gasteiger partial charge < -0.3 is 10.6 Å². The van der Waals surface area contributed by atoms with Crippen LogP contribution in [0.3, 0.4) is 0 Å². The molecule has 2 rings (SSSR count). The number of nitrogens with zero attached hydrogens (tertiary/aromatic N) is 5. The number of hydrogen-bond acceptors (Lipinski definition) is 7. The quantitative estimate of drug-likeness (QED) is 0.890. The fraction of sp³-hybridized carbons (Fsp3) is 0.100. The van der Waals surface area contributed by atoms with Crippen molar-refractivity contribution in [2.75, 3.05) is 17.7 Å². The summed E-state index contributed by atoms with van der Waals surface area (Å²) < 4.78 is 0.626. The summed E-state index contributed by atoms with van der Waals surface area (Å²) in [6.07, 6.45) is 2.84. The first kappa shape index (κ1) is 12.2. The molecule has 2 aromatic rings. The number of anilines is 3. The van der Waals surface area contributed by atoms with E-state index < -0.39 is 0 Å². The maximum absolute atomic E-state index is 8.61. The van der Waals surface area contributed by atoms with Crippen LogP contribution < -0.4 is 10.6 Å². The van der Waals surface area contributed by atoms with E-state index in [0.29, 0.717) is 16.2 Å². The Morgan fingerprint density at radius 3 is 2.67 bits per heavy atom. The third-order valence-corrected chi connectivity index (χ3v) is 2.63. The smallest absolute Gasteiger partial charge is 0.158 e. The van der Waals surface area contributed by atoms with Gasteiger partial charge in [-0.2, -0.15) is 5.26 Å². The van der Waals surface area contributed by atoms with Gasteiger partial charge in [-0.15, -0.1) is 10.2 Å². The lowest BCUT2D eigenvalue weighted by Gasteiger charge is -2.06. The highest BCUT2D eigenvalue weighted by Crippen LogP contribution is 2.21. The first-order chi connectivity index (χ1) is 8.72. The molecule has 18 heavy (non-hydrogen) atoms. The van der Waals surface area contributed by atoms with Crippen LogP contribution in [-0.2, 0) is 0 Å². The molecule has 0 aromatic carbocycles. The molecule has 0 saturated carbocycles. The van der Waals surface area contributed by atoms with Crippen LogP contribution in [0.25, 0.3) is 0 Å². The molecule has 0 aliphatic heterocycles. The Bertz CT molecular complexity index is 590. The lowest BCUT2D eigenvalue weighted by atomic mass is 10.4. The second-order valence-corrected chi connectivity index (χ2v) is 3.96. The fourth-order valence-corrected chi connectivity index (χ4v) is 1.59. The molecule has 0 atom stereocenters. The van der Waals surface area contributed by atoms with Crippen molar-refractivity contribution in [1.82, 2.24) is 20.2 Å². The normalized spacial score (nSPS) is 9.61. The van der Waals surface area contributed by atoms with Gasteiger partial charge in [-0.05, 0) is 15.9 Å². The van der Waals surface area contributed by atoms with E-state index in [1.165, 1.54) is 12.4 Å². The van der Waals surface area contributed by atoms with Gasteiger partial charge in [0.25, 0.3) is 0 Å². The summed E-state index contributed by atoms with van der Waals surface area (Å²) in [5, 5.41) is 22.4. The molecule has 0 aliphatic carbocycles. The Labute approximate surface area is 111 Å². The Morgan fingerprint density at radius 1 is 1.22 bits per heavy atom. The molecule has 0 unspecified atom stereocenters. The zero-order valence-corrected chi connectivity index (χ0v) is 10.9. The summed E-state index contributed by atoms with van der Waals surface area (Å²) >= 11 is 3.27. The van der Waals surface area contributed by atoms with Gasteiger partial charge in [0.15, 0.2) is 16.1 Å². The average Bonchev–Trinajstić information content (AvgIpc) is 2.42. The van der Waals surface area contributed by atoms with Gasteiger partial charge in [-0.25, -0.2) is 9.97 Å². The third-order valence-electron chi connectivity index (χ3n) is 2.04. The molecular formula is C10H8BrN7. The summed E-state index contributed by atoms with van der Waals surface area (Å²) in [6, 6.07) is 3.67. The largest absolute Gasteiger partial charge is 0.386 e. The van der Waals surface area contributed by atoms with Crippen molar-refractivity contribution in [3.8, 4) is 6.07 Å². The molecule has 8 heteroatoms. The highest BCUT2D eigenvalue weighted by atomic mass is 79.9. The Balaban J connectivity index is 2.20. The predicted molar refractivity (Wildman–Crippen MR) is 69.3 cm³/mol. The van der Waals surface area contributed by atoms with E-state index >= 15 is 0 Å². The predicted octanol–water partition coefficient (Wildman–Crippen LogP) is 1.69. The number of aromatic nitrogens is 4. The summed E-state index contributed by atoms with van der Waals surface area (Å²) in [5.74, 6) is 1.02. The summed E-state index contributed by atoms with van der Waals surface area (Å²) in [6.45, 7) is 0. The topological polar surface area (TPSA) is 99.4 Å². The van der Waals surface area contributed by atoms with Gasteiger partial charge in [0.05, 0.1) is 18.1 Å². The first-order valence-electron chi connectivity index (χ1n) is 4.93. The SMILES string of the molecule is CNc1cc(Nc2cnc(C#N)cn2)nnc1Br. The van der Waals surface area contributed by atoms with Crippen LogP contribution in [0.4, 0.5) is 17.3 Å². The minimum absolute atomic E-state index is 0.262. The van der Waals surface area contributed by atoms with E-state index in [9.17, 15) is 0 Å². The minimum Gasteiger partial charge on any atom is -0.386 e. The molecule has 0 saturated heterocycles. The van der Waals surface area contributed by atoms with Crippen molar-refractivity contribution in [3.05, 3.63) is 28.8 Å². The fourth-order valence-electron chi connectivity index (χ4n) is 1.19. The van der Waals surface area contributed by atoms with Gasteiger partial charge in [-0.1, -0.05) is 0 Å². The molecule has 0 bridgehead atoms. The van der Waals surface area contributed by atoms with E-state index in [2.05, 4.69) is 46.7 Å². The number of nitrogens with one attached hydrogen (secondary N) is 2. The van der Waals surface area contributed by atoms with E-state index in [0.717, 1.165) is 5.69 Å². The molecule has 2 heterocycles. The van der Waals surface area contributed by atoms with E-state index in [1.54, 1.807) is 13.1 Å². The molecule has 7 nitrogen and oxygen atoms in total. The molecule has 0 fully saturated rings. The lowest BCUT2D eigenvalue weighted by Crippen LogP contribution is -2.01. The van der Waals surface area contributed by atoms with E-state index in [-0.39, 0.29) is 5.69 Å². The van der Waals surface area contributed by atoms with Crippen LogP contribution in [0.15, 0.2) is 23.1 Å². The van der Waals surface area contributed by atoms with Crippen molar-refractivity contribution in [2.24, 2.45) is 0 Å². The molecular weight excluding hydrogens is 298 g/mol. The molecule has 0 amide bonds. The maximum Gasteiger partial charge on any atom is 0.158 e. The second kappa shape index (κ2) is 5.37. The van der Waals surface area contributed by atoms with Crippen LogP contribution in [0.1, 0.15) is 5.69 Å². The van der Waals surface area contributed by atoms with Crippen molar-refractivity contribution in [3.63, 3.8) is 0 Å². The van der Waals surface area contributed by atoms with Gasteiger partial charge in [-0.3, -0.25) is 0 Å². The molecule has 2 aromatic heterocycles. The average molecular weight is 306 g/mol. The number of nitriles is 1. The van der Waals surface area contributed by atoms with Gasteiger partial charge in [0.2, 0.25) is 0 Å². The summed E-state index contributed by atoms with van der Waals surface area (Å²) in [5.41, 5.74) is 1.06. The van der Waals surface area contributed by atoms with E-state index in [1.807, 2.05) is 6.07 Å². The zero-order valence-electron chi connectivity index (χ0n) is 9.35. The molecule has 0 spiro atoms. The molecule has 0 aliphatic rings. The minimum atomic E-state index is 0.262. The van der Waals surface area contributed by atoms with Crippen LogP contribution in [-0.4, -0.2) is 27.2 Å². The van der Waals surface area contributed by atoms with Crippen molar-refractivity contribution in [2.45, 2.75) is 0 Å². The number of rotatable bonds is 3. The van der Waals surface area contributed by atoms with Crippen LogP contribution in [0, 0.1) is 11.3 Å². The van der Waals surface area contributed by atoms with Crippen LogP contribution in [0.5, 0.6) is 0 Å². The van der Waals surface area contributed by atoms with E-state index in [4.69, 9.17) is 5.26 Å². The van der Waals surface area contributed by atoms with Crippen LogP contribution >= 0.6 is 15.9 Å². The van der Waals surface area contributed by atoms with Gasteiger partial charge in [0, 0.05) is 13.1 Å². The van der Waals surface area contributed by atoms with Crippen molar-refractivity contribution in [1.29, 1.82) is 5.26 Å². The van der Waals surface area contributed by atoms with Crippen molar-refractivity contribution >= 4 is 33.3 Å². The second-order valence-electron chi connectivity index (χ2n) is 3.21. The lowest BCUT2D eigenvalue weighted by molar-refractivity contribution is 1.01. The molecule has 90 valence electrons. The van der Waals surface area contributed by atoms with Gasteiger partial charge >= 0.3 is 0 Å². The van der Waals surface area contributed by atoms with Gasteiger partial charge in [0.1, 0.15) is 11.9 Å². The monoisotopic (exact) mass is 305 g/mol. The van der Waals surface area contributed by atoms with Crippen molar-refractivity contribution < 1.29 is 0 Å².